The maximum absolute atomic E-state index is 13.8. The van der Waals surface area contributed by atoms with E-state index in [0.29, 0.717) is 48.4 Å². The standard InChI is InChI=1S/C26H33ClN4O4S2/c1-18-22(27)10-11-23-24(18)28-26(36-23)31(15-5-14-29(2)3)25(32)19-12-16-30(17-13-19)37(33,34)21-8-6-20(35-4)7-9-21/h6-11,19H,5,12-17H2,1-4H3. The molecule has 200 valence electrons. The zero-order valence-electron chi connectivity index (χ0n) is 21.6. The van der Waals surface area contributed by atoms with Crippen LogP contribution in [-0.2, 0) is 14.8 Å². The first kappa shape index (κ1) is 27.8. The van der Waals surface area contributed by atoms with E-state index in [1.807, 2.05) is 33.2 Å². The van der Waals surface area contributed by atoms with Crippen molar-refractivity contribution in [3.05, 3.63) is 47.0 Å². The van der Waals surface area contributed by atoms with Crippen molar-refractivity contribution in [3.63, 3.8) is 0 Å². The summed E-state index contributed by atoms with van der Waals surface area (Å²) in [6.07, 6.45) is 1.74. The molecule has 0 N–H and O–H groups in total. The lowest BCUT2D eigenvalue weighted by Gasteiger charge is -2.33. The fourth-order valence-electron chi connectivity index (χ4n) is 4.51. The average molecular weight is 565 g/mol. The number of sulfonamides is 1. The lowest BCUT2D eigenvalue weighted by molar-refractivity contribution is -0.123. The summed E-state index contributed by atoms with van der Waals surface area (Å²) < 4.78 is 33.9. The maximum Gasteiger partial charge on any atom is 0.243 e. The third-order valence-corrected chi connectivity index (χ3v) is 10.1. The zero-order chi connectivity index (χ0) is 26.7. The number of piperidine rings is 1. The molecule has 11 heteroatoms. The molecule has 3 aromatic rings. The first-order valence-electron chi connectivity index (χ1n) is 12.3. The van der Waals surface area contributed by atoms with E-state index in [1.165, 1.54) is 15.6 Å². The summed E-state index contributed by atoms with van der Waals surface area (Å²) in [5.41, 5.74) is 1.72. The first-order valence-corrected chi connectivity index (χ1v) is 14.9. The molecular formula is C26H33ClN4O4S2. The van der Waals surface area contributed by atoms with Gasteiger partial charge in [-0.3, -0.25) is 9.69 Å². The Kier molecular flexibility index (Phi) is 8.75. The lowest BCUT2D eigenvalue weighted by Crippen LogP contribution is -2.45. The van der Waals surface area contributed by atoms with E-state index in [-0.39, 0.29) is 16.7 Å². The number of benzene rings is 2. The number of thiazole rings is 1. The molecule has 1 amide bonds. The van der Waals surface area contributed by atoms with Gasteiger partial charge < -0.3 is 9.64 Å². The maximum atomic E-state index is 13.8. The monoisotopic (exact) mass is 564 g/mol. The van der Waals surface area contributed by atoms with Crippen molar-refractivity contribution in [1.82, 2.24) is 14.2 Å². The Morgan fingerprint density at radius 1 is 1.14 bits per heavy atom. The van der Waals surface area contributed by atoms with Crippen LogP contribution in [0.25, 0.3) is 10.2 Å². The summed E-state index contributed by atoms with van der Waals surface area (Å²) in [6, 6.07) is 10.2. The summed E-state index contributed by atoms with van der Waals surface area (Å²) in [4.78, 5) is 22.7. The van der Waals surface area contributed by atoms with Gasteiger partial charge in [-0.05, 0) is 88.8 Å². The Bertz CT molecular complexity index is 1350. The van der Waals surface area contributed by atoms with E-state index in [4.69, 9.17) is 21.3 Å². The number of rotatable bonds is 9. The number of nitrogens with zero attached hydrogens (tertiary/aromatic N) is 4. The highest BCUT2D eigenvalue weighted by Crippen LogP contribution is 2.35. The minimum absolute atomic E-state index is 0.00283. The third-order valence-electron chi connectivity index (χ3n) is 6.72. The van der Waals surface area contributed by atoms with Crippen molar-refractivity contribution >= 4 is 54.2 Å². The van der Waals surface area contributed by atoms with Crippen LogP contribution in [0.3, 0.4) is 0 Å². The van der Waals surface area contributed by atoms with E-state index in [1.54, 1.807) is 36.3 Å². The minimum atomic E-state index is -3.63. The number of carbonyl (C=O) groups excluding carboxylic acids is 1. The van der Waals surface area contributed by atoms with E-state index in [9.17, 15) is 13.2 Å². The van der Waals surface area contributed by atoms with Crippen molar-refractivity contribution in [1.29, 1.82) is 0 Å². The van der Waals surface area contributed by atoms with E-state index in [0.717, 1.165) is 28.7 Å². The van der Waals surface area contributed by atoms with Gasteiger partial charge in [-0.2, -0.15) is 4.31 Å². The van der Waals surface area contributed by atoms with E-state index >= 15 is 0 Å². The second kappa shape index (κ2) is 11.7. The van der Waals surface area contributed by atoms with Crippen LogP contribution in [0.5, 0.6) is 5.75 Å². The Morgan fingerprint density at radius 3 is 2.43 bits per heavy atom. The van der Waals surface area contributed by atoms with Gasteiger partial charge in [0.2, 0.25) is 15.9 Å². The molecule has 1 aliphatic heterocycles. The molecular weight excluding hydrogens is 532 g/mol. The Balaban J connectivity index is 1.51. The van der Waals surface area contributed by atoms with Gasteiger partial charge in [0.05, 0.1) is 22.2 Å². The topological polar surface area (TPSA) is 83.0 Å². The number of hydrogen-bond donors (Lipinski definition) is 0. The number of anilines is 1. The predicted molar refractivity (Wildman–Crippen MR) is 149 cm³/mol. The number of ether oxygens (including phenoxy) is 1. The molecule has 2 aromatic carbocycles. The molecule has 1 aliphatic rings. The van der Waals surface area contributed by atoms with Crippen LogP contribution in [0, 0.1) is 12.8 Å². The van der Waals surface area contributed by atoms with Crippen LogP contribution >= 0.6 is 22.9 Å². The van der Waals surface area contributed by atoms with Gasteiger partial charge in [0.25, 0.3) is 0 Å². The number of fused-ring (bicyclic) bond motifs is 1. The first-order chi connectivity index (χ1) is 17.6. The smallest absolute Gasteiger partial charge is 0.243 e. The minimum Gasteiger partial charge on any atom is -0.497 e. The molecule has 4 rings (SSSR count). The van der Waals surface area contributed by atoms with Gasteiger partial charge in [0, 0.05) is 30.6 Å². The molecule has 0 saturated carbocycles. The highest BCUT2D eigenvalue weighted by molar-refractivity contribution is 7.89. The van der Waals surface area contributed by atoms with Gasteiger partial charge in [-0.25, -0.2) is 13.4 Å². The average Bonchev–Trinajstić information content (AvgIpc) is 3.33. The molecule has 8 nitrogen and oxygen atoms in total. The number of methoxy groups -OCH3 is 1. The van der Waals surface area contributed by atoms with Gasteiger partial charge in [0.15, 0.2) is 5.13 Å². The number of aromatic nitrogens is 1. The SMILES string of the molecule is COc1ccc(S(=O)(=O)N2CCC(C(=O)N(CCCN(C)C)c3nc4c(C)c(Cl)ccc4s3)CC2)cc1. The number of amides is 1. The molecule has 1 saturated heterocycles. The van der Waals surface area contributed by atoms with E-state index in [2.05, 4.69) is 4.90 Å². The fourth-order valence-corrected chi connectivity index (χ4v) is 7.19. The Morgan fingerprint density at radius 2 is 1.81 bits per heavy atom. The van der Waals surface area contributed by atoms with Gasteiger partial charge >= 0.3 is 0 Å². The normalized spacial score (nSPS) is 15.4. The highest BCUT2D eigenvalue weighted by Gasteiger charge is 2.35. The van der Waals surface area contributed by atoms with Crippen molar-refractivity contribution in [3.8, 4) is 5.75 Å². The number of hydrogen-bond acceptors (Lipinski definition) is 7. The van der Waals surface area contributed by atoms with Crippen LogP contribution in [0.15, 0.2) is 41.3 Å². The summed E-state index contributed by atoms with van der Waals surface area (Å²) in [5.74, 6) is 0.339. The second-order valence-electron chi connectivity index (χ2n) is 9.52. The third kappa shape index (κ3) is 6.09. The highest BCUT2D eigenvalue weighted by atomic mass is 35.5. The molecule has 1 aromatic heterocycles. The van der Waals surface area contributed by atoms with Gasteiger partial charge in [0.1, 0.15) is 5.75 Å². The summed E-state index contributed by atoms with van der Waals surface area (Å²) >= 11 is 7.80. The van der Waals surface area contributed by atoms with Crippen molar-refractivity contribution in [2.75, 3.05) is 52.3 Å². The van der Waals surface area contributed by atoms with Gasteiger partial charge in [-0.1, -0.05) is 22.9 Å². The molecule has 2 heterocycles. The van der Waals surface area contributed by atoms with Gasteiger partial charge in [-0.15, -0.1) is 0 Å². The fraction of sp³-hybridized carbons (Fsp3) is 0.462. The molecule has 37 heavy (non-hydrogen) atoms. The quantitative estimate of drug-likeness (QED) is 0.376. The lowest BCUT2D eigenvalue weighted by atomic mass is 9.96. The molecule has 1 fully saturated rings. The molecule has 0 spiro atoms. The number of halogens is 1. The van der Waals surface area contributed by atoms with Crippen LogP contribution in [-0.4, -0.2) is 75.9 Å². The largest absolute Gasteiger partial charge is 0.497 e. The summed E-state index contributed by atoms with van der Waals surface area (Å²) in [7, 11) is 1.92. The predicted octanol–water partition coefficient (Wildman–Crippen LogP) is 4.65. The molecule has 0 unspecified atom stereocenters. The summed E-state index contributed by atoms with van der Waals surface area (Å²) in [5, 5.41) is 1.32. The molecule has 0 bridgehead atoms. The van der Waals surface area contributed by atoms with Crippen molar-refractivity contribution in [2.24, 2.45) is 5.92 Å². The zero-order valence-corrected chi connectivity index (χ0v) is 24.0. The second-order valence-corrected chi connectivity index (χ2v) is 12.9. The molecule has 0 aliphatic carbocycles. The van der Waals surface area contributed by atoms with E-state index < -0.39 is 10.0 Å². The van der Waals surface area contributed by atoms with Crippen molar-refractivity contribution in [2.45, 2.75) is 31.1 Å². The Labute approximate surface area is 227 Å². The molecule has 0 atom stereocenters. The number of aryl methyl sites for hydroxylation is 1. The number of carbonyl (C=O) groups is 1. The summed E-state index contributed by atoms with van der Waals surface area (Å²) in [6.45, 7) is 3.92. The molecule has 0 radical (unpaired) electrons. The van der Waals surface area contributed by atoms with Crippen LogP contribution < -0.4 is 9.64 Å². The van der Waals surface area contributed by atoms with Crippen LogP contribution in [0.2, 0.25) is 5.02 Å². The van der Waals surface area contributed by atoms with Crippen LogP contribution in [0.4, 0.5) is 5.13 Å². The Hall–Kier alpha value is -2.24. The van der Waals surface area contributed by atoms with Crippen LogP contribution in [0.1, 0.15) is 24.8 Å². The van der Waals surface area contributed by atoms with Crippen molar-refractivity contribution < 1.29 is 17.9 Å².